The number of benzene rings is 1. The van der Waals surface area contributed by atoms with Crippen LogP contribution in [-0.4, -0.2) is 97.5 Å². The Morgan fingerprint density at radius 2 is 1.80 bits per heavy atom. The summed E-state index contributed by atoms with van der Waals surface area (Å²) in [5.41, 5.74) is 1.05. The third-order valence-corrected chi connectivity index (χ3v) is 5.35. The summed E-state index contributed by atoms with van der Waals surface area (Å²) in [5, 5.41) is 19.2. The molecule has 0 spiro atoms. The van der Waals surface area contributed by atoms with Crippen LogP contribution in [0.2, 0.25) is 0 Å². The van der Waals surface area contributed by atoms with E-state index in [9.17, 15) is 15.0 Å². The van der Waals surface area contributed by atoms with Crippen LogP contribution in [0.25, 0.3) is 6.08 Å². The van der Waals surface area contributed by atoms with Gasteiger partial charge in [-0.05, 0) is 0 Å². The summed E-state index contributed by atoms with van der Waals surface area (Å²) >= 11 is 2.96. The second-order valence-corrected chi connectivity index (χ2v) is 6.83. The van der Waals surface area contributed by atoms with Gasteiger partial charge in [0.1, 0.15) is 0 Å². The Morgan fingerprint density at radius 1 is 1.16 bits per heavy atom. The molecular formula is C17H21N3O4Se. The van der Waals surface area contributed by atoms with Gasteiger partial charge in [-0.2, -0.15) is 0 Å². The maximum absolute atomic E-state index is 12.8. The summed E-state index contributed by atoms with van der Waals surface area (Å²) < 4.78 is 6.09. The fraction of sp³-hybridized carbons (Fsp3) is 0.412. The van der Waals surface area contributed by atoms with Crippen molar-refractivity contribution in [2.24, 2.45) is 0 Å². The van der Waals surface area contributed by atoms with E-state index in [0.29, 0.717) is 17.8 Å². The van der Waals surface area contributed by atoms with Crippen molar-refractivity contribution >= 4 is 32.2 Å². The third kappa shape index (κ3) is 4.04. The van der Waals surface area contributed by atoms with Crippen LogP contribution < -0.4 is 0 Å². The van der Waals surface area contributed by atoms with E-state index in [1.165, 1.54) is 18.2 Å². The molecule has 3 rings (SSSR count). The van der Waals surface area contributed by atoms with Crippen molar-refractivity contribution in [2.75, 3.05) is 46.4 Å². The molecule has 1 amide bonds. The molecule has 0 bridgehead atoms. The van der Waals surface area contributed by atoms with E-state index >= 15 is 0 Å². The molecule has 0 unspecified atom stereocenters. The predicted molar refractivity (Wildman–Crippen MR) is 95.2 cm³/mol. The van der Waals surface area contributed by atoms with Crippen molar-refractivity contribution in [3.8, 4) is 11.5 Å². The van der Waals surface area contributed by atoms with E-state index in [2.05, 4.69) is 20.5 Å². The summed E-state index contributed by atoms with van der Waals surface area (Å²) in [6.07, 6.45) is 1.66. The van der Waals surface area contributed by atoms with Crippen molar-refractivity contribution in [2.45, 2.75) is 0 Å². The van der Waals surface area contributed by atoms with Gasteiger partial charge in [0.2, 0.25) is 0 Å². The molecule has 0 saturated carbocycles. The van der Waals surface area contributed by atoms with E-state index in [0.717, 1.165) is 37.5 Å². The van der Waals surface area contributed by atoms with E-state index in [4.69, 9.17) is 4.74 Å². The van der Waals surface area contributed by atoms with E-state index in [1.807, 2.05) is 7.05 Å². The SMILES string of the molecule is CN1C(=[Se])N(CCN2CCOCC2)C(=O)/C1=C\c1cc(O)cc(O)c1. The molecule has 0 atom stereocenters. The van der Waals surface area contributed by atoms with Crippen LogP contribution in [0, 0.1) is 0 Å². The van der Waals surface area contributed by atoms with Crippen LogP contribution in [0.4, 0.5) is 0 Å². The molecule has 2 heterocycles. The van der Waals surface area contributed by atoms with E-state index < -0.39 is 0 Å². The predicted octanol–water partition coefficient (Wildman–Crippen LogP) is -0.199. The molecule has 2 fully saturated rings. The Hall–Kier alpha value is -1.86. The molecule has 0 aliphatic carbocycles. The number of hydrogen-bond donors (Lipinski definition) is 2. The second-order valence-electron chi connectivity index (χ2n) is 6.06. The van der Waals surface area contributed by atoms with Crippen molar-refractivity contribution in [1.82, 2.24) is 14.7 Å². The number of ether oxygens (including phenoxy) is 1. The van der Waals surface area contributed by atoms with E-state index in [-0.39, 0.29) is 17.4 Å². The molecule has 2 aliphatic heterocycles. The number of rotatable bonds is 4. The van der Waals surface area contributed by atoms with Gasteiger partial charge in [-0.25, -0.2) is 0 Å². The standard InChI is InChI=1S/C17H21N3O4Se/c1-18-15(10-12-8-13(21)11-14(22)9-12)16(23)20(17(18)25)3-2-19-4-6-24-7-5-19/h8-11,21-22H,2-7H2,1H3/b15-10+. The average molecular weight is 410 g/mol. The van der Waals surface area contributed by atoms with Gasteiger partial charge in [-0.1, -0.05) is 0 Å². The Bertz CT molecular complexity index is 696. The minimum atomic E-state index is -0.104. The summed E-state index contributed by atoms with van der Waals surface area (Å²) in [6.45, 7) is 4.60. The number of hydrogen-bond acceptors (Lipinski definition) is 6. The molecule has 0 radical (unpaired) electrons. The number of phenolic OH excluding ortho intramolecular Hbond substituents is 2. The monoisotopic (exact) mass is 411 g/mol. The maximum atomic E-state index is 12.8. The molecule has 2 N–H and O–H groups in total. The second kappa shape index (κ2) is 7.58. The van der Waals surface area contributed by atoms with Crippen LogP contribution >= 0.6 is 0 Å². The number of likely N-dealkylation sites (N-methyl/N-ethyl adjacent to an activating group) is 1. The quantitative estimate of drug-likeness (QED) is 0.529. The van der Waals surface area contributed by atoms with Gasteiger partial charge in [-0.15, -0.1) is 0 Å². The Morgan fingerprint density at radius 3 is 2.44 bits per heavy atom. The zero-order valence-corrected chi connectivity index (χ0v) is 15.7. The molecule has 0 aromatic heterocycles. The van der Waals surface area contributed by atoms with Gasteiger partial charge >= 0.3 is 154 Å². The number of carbonyl (C=O) groups is 1. The first-order valence-electron chi connectivity index (χ1n) is 8.10. The molecule has 1 aromatic carbocycles. The number of phenols is 2. The fourth-order valence-electron chi connectivity index (χ4n) is 2.93. The average Bonchev–Trinajstić information content (AvgIpc) is 2.77. The zero-order chi connectivity index (χ0) is 18.0. The zero-order valence-electron chi connectivity index (χ0n) is 14.0. The first kappa shape index (κ1) is 17.9. The molecule has 2 aliphatic rings. The van der Waals surface area contributed by atoms with Gasteiger partial charge in [-0.3, -0.25) is 0 Å². The van der Waals surface area contributed by atoms with Gasteiger partial charge < -0.3 is 0 Å². The Balaban J connectivity index is 1.74. The molecule has 7 nitrogen and oxygen atoms in total. The molecule has 25 heavy (non-hydrogen) atoms. The van der Waals surface area contributed by atoms with Crippen LogP contribution in [0.3, 0.4) is 0 Å². The summed E-state index contributed by atoms with van der Waals surface area (Å²) in [6, 6.07) is 4.26. The molecule has 134 valence electrons. The number of amides is 1. The van der Waals surface area contributed by atoms with Crippen LogP contribution in [0.15, 0.2) is 23.9 Å². The normalized spacial score (nSPS) is 20.8. The molecule has 8 heteroatoms. The van der Waals surface area contributed by atoms with Crippen molar-refractivity contribution < 1.29 is 19.7 Å². The topological polar surface area (TPSA) is 76.5 Å². The summed E-state index contributed by atoms with van der Waals surface area (Å²) in [7, 11) is 1.81. The van der Waals surface area contributed by atoms with Crippen molar-refractivity contribution in [1.29, 1.82) is 0 Å². The third-order valence-electron chi connectivity index (χ3n) is 4.32. The van der Waals surface area contributed by atoms with Crippen molar-refractivity contribution in [3.63, 3.8) is 0 Å². The van der Waals surface area contributed by atoms with Crippen LogP contribution in [0.1, 0.15) is 5.56 Å². The Kier molecular flexibility index (Phi) is 5.44. The number of morpholine rings is 1. The molecule has 1 aromatic rings. The van der Waals surface area contributed by atoms with Crippen molar-refractivity contribution in [3.05, 3.63) is 29.5 Å². The number of nitrogens with zero attached hydrogens (tertiary/aromatic N) is 3. The van der Waals surface area contributed by atoms with Gasteiger partial charge in [0.15, 0.2) is 0 Å². The minimum absolute atomic E-state index is 0.0450. The van der Waals surface area contributed by atoms with Gasteiger partial charge in [0, 0.05) is 0 Å². The fourth-order valence-corrected chi connectivity index (χ4v) is 3.51. The first-order chi connectivity index (χ1) is 12.0. The van der Waals surface area contributed by atoms with Gasteiger partial charge in [0.25, 0.3) is 0 Å². The Labute approximate surface area is 154 Å². The van der Waals surface area contributed by atoms with Gasteiger partial charge in [0.05, 0.1) is 0 Å². The van der Waals surface area contributed by atoms with E-state index in [1.54, 1.807) is 15.9 Å². The molecule has 2 saturated heterocycles. The summed E-state index contributed by atoms with van der Waals surface area (Å²) in [5.74, 6) is -0.194. The first-order valence-corrected chi connectivity index (χ1v) is 8.96. The number of carbonyl (C=O) groups excluding carboxylic acids is 1. The summed E-state index contributed by atoms with van der Waals surface area (Å²) in [4.78, 5) is 18.5. The van der Waals surface area contributed by atoms with Crippen LogP contribution in [-0.2, 0) is 9.53 Å². The van der Waals surface area contributed by atoms with Crippen LogP contribution in [0.5, 0.6) is 11.5 Å². The molecular weight excluding hydrogens is 389 g/mol. The number of aromatic hydroxyl groups is 2.